The van der Waals surface area contributed by atoms with Gasteiger partial charge in [-0.15, -0.1) is 0 Å². The number of aliphatic hydroxyl groups is 1. The van der Waals surface area contributed by atoms with E-state index in [1.165, 1.54) is 19.3 Å². The molecule has 2 rings (SSSR count). The van der Waals surface area contributed by atoms with Gasteiger partial charge in [-0.3, -0.25) is 0 Å². The SMILES string of the molecule is CCC1CCC(CN)(C2(O)CCCN(C(C)C)CC2)CC1. The van der Waals surface area contributed by atoms with Crippen molar-refractivity contribution in [3.05, 3.63) is 0 Å². The third kappa shape index (κ3) is 3.46. The Kier molecular flexibility index (Phi) is 5.72. The highest BCUT2D eigenvalue weighted by Crippen LogP contribution is 2.50. The number of nitrogens with zero attached hydrogens (tertiary/aromatic N) is 1. The van der Waals surface area contributed by atoms with Gasteiger partial charge in [0.15, 0.2) is 0 Å². The molecule has 1 saturated carbocycles. The molecule has 0 aromatic rings. The Morgan fingerprint density at radius 2 is 1.81 bits per heavy atom. The summed E-state index contributed by atoms with van der Waals surface area (Å²) in [5.74, 6) is 0.853. The number of likely N-dealkylation sites (tertiary alicyclic amines) is 1. The Bertz CT molecular complexity index is 323. The molecular weight excluding hydrogens is 260 g/mol. The molecule has 2 fully saturated rings. The first-order valence-corrected chi connectivity index (χ1v) is 9.13. The summed E-state index contributed by atoms with van der Waals surface area (Å²) in [6.07, 6.45) is 8.98. The molecule has 0 aromatic heterocycles. The zero-order chi connectivity index (χ0) is 15.5. The lowest BCUT2D eigenvalue weighted by molar-refractivity contribution is -0.114. The largest absolute Gasteiger partial charge is 0.389 e. The Morgan fingerprint density at radius 3 is 2.33 bits per heavy atom. The van der Waals surface area contributed by atoms with E-state index >= 15 is 0 Å². The number of nitrogens with two attached hydrogens (primary N) is 1. The van der Waals surface area contributed by atoms with Gasteiger partial charge in [-0.05, 0) is 71.3 Å². The van der Waals surface area contributed by atoms with Crippen molar-refractivity contribution in [2.24, 2.45) is 17.1 Å². The second-order valence-corrected chi connectivity index (χ2v) is 7.85. The predicted octanol–water partition coefficient (Wildman–Crippen LogP) is 3.16. The van der Waals surface area contributed by atoms with Crippen LogP contribution >= 0.6 is 0 Å². The van der Waals surface area contributed by atoms with E-state index in [1.807, 2.05) is 0 Å². The molecule has 1 heterocycles. The van der Waals surface area contributed by atoms with Gasteiger partial charge >= 0.3 is 0 Å². The lowest BCUT2D eigenvalue weighted by Crippen LogP contribution is -2.54. The lowest BCUT2D eigenvalue weighted by Gasteiger charge is -2.50. The molecule has 124 valence electrons. The monoisotopic (exact) mass is 296 g/mol. The van der Waals surface area contributed by atoms with E-state index in [0.29, 0.717) is 12.6 Å². The van der Waals surface area contributed by atoms with Gasteiger partial charge in [0.25, 0.3) is 0 Å². The summed E-state index contributed by atoms with van der Waals surface area (Å²) in [4.78, 5) is 2.51. The molecule has 1 atom stereocenters. The summed E-state index contributed by atoms with van der Waals surface area (Å²) in [5.41, 5.74) is 5.65. The lowest BCUT2D eigenvalue weighted by atomic mass is 9.59. The van der Waals surface area contributed by atoms with Gasteiger partial charge in [0, 0.05) is 24.5 Å². The Hall–Kier alpha value is -0.120. The molecule has 0 spiro atoms. The van der Waals surface area contributed by atoms with Crippen LogP contribution in [0.2, 0.25) is 0 Å². The maximum Gasteiger partial charge on any atom is 0.0728 e. The molecule has 0 bridgehead atoms. The van der Waals surface area contributed by atoms with Crippen LogP contribution in [-0.2, 0) is 0 Å². The number of rotatable bonds is 4. The molecule has 1 aliphatic heterocycles. The maximum atomic E-state index is 11.5. The summed E-state index contributed by atoms with van der Waals surface area (Å²) >= 11 is 0. The first kappa shape index (κ1) is 17.2. The Balaban J connectivity index is 2.09. The zero-order valence-electron chi connectivity index (χ0n) is 14.4. The average Bonchev–Trinajstić information content (AvgIpc) is 2.70. The fourth-order valence-electron chi connectivity index (χ4n) is 4.68. The van der Waals surface area contributed by atoms with Gasteiger partial charge in [-0.2, -0.15) is 0 Å². The molecule has 0 aromatic carbocycles. The predicted molar refractivity (Wildman–Crippen MR) is 89.2 cm³/mol. The Labute approximate surface area is 131 Å². The van der Waals surface area contributed by atoms with E-state index in [1.54, 1.807) is 0 Å². The fourth-order valence-corrected chi connectivity index (χ4v) is 4.68. The number of hydrogen-bond donors (Lipinski definition) is 2. The van der Waals surface area contributed by atoms with Gasteiger partial charge in [0.2, 0.25) is 0 Å². The van der Waals surface area contributed by atoms with Crippen molar-refractivity contribution in [2.45, 2.75) is 83.8 Å². The smallest absolute Gasteiger partial charge is 0.0728 e. The number of hydrogen-bond acceptors (Lipinski definition) is 3. The molecule has 3 heteroatoms. The third-order valence-corrected chi connectivity index (χ3v) is 6.60. The molecule has 2 aliphatic rings. The van der Waals surface area contributed by atoms with E-state index in [4.69, 9.17) is 5.73 Å². The molecule has 1 saturated heterocycles. The molecular formula is C18H36N2O. The van der Waals surface area contributed by atoms with E-state index in [9.17, 15) is 5.11 Å². The van der Waals surface area contributed by atoms with Crippen LogP contribution in [-0.4, -0.2) is 41.3 Å². The summed E-state index contributed by atoms with van der Waals surface area (Å²) < 4.78 is 0. The van der Waals surface area contributed by atoms with Gasteiger partial charge < -0.3 is 15.7 Å². The second-order valence-electron chi connectivity index (χ2n) is 7.85. The van der Waals surface area contributed by atoms with Gasteiger partial charge in [-0.25, -0.2) is 0 Å². The third-order valence-electron chi connectivity index (χ3n) is 6.60. The molecule has 1 unspecified atom stereocenters. The molecule has 21 heavy (non-hydrogen) atoms. The van der Waals surface area contributed by atoms with Crippen LogP contribution in [0.1, 0.15) is 72.1 Å². The van der Waals surface area contributed by atoms with Gasteiger partial charge in [0.05, 0.1) is 5.60 Å². The minimum atomic E-state index is -0.538. The summed E-state index contributed by atoms with van der Waals surface area (Å²) in [7, 11) is 0. The van der Waals surface area contributed by atoms with Crippen molar-refractivity contribution in [1.82, 2.24) is 4.90 Å². The molecule has 1 aliphatic carbocycles. The van der Waals surface area contributed by atoms with Crippen molar-refractivity contribution in [1.29, 1.82) is 0 Å². The summed E-state index contributed by atoms with van der Waals surface area (Å²) in [5, 5.41) is 11.5. The molecule has 0 radical (unpaired) electrons. The first-order valence-electron chi connectivity index (χ1n) is 9.13. The van der Waals surface area contributed by atoms with E-state index in [2.05, 4.69) is 25.7 Å². The van der Waals surface area contributed by atoms with E-state index in [0.717, 1.165) is 51.1 Å². The van der Waals surface area contributed by atoms with Crippen LogP contribution in [0, 0.1) is 11.3 Å². The summed E-state index contributed by atoms with van der Waals surface area (Å²) in [6.45, 7) is 9.61. The van der Waals surface area contributed by atoms with E-state index in [-0.39, 0.29) is 5.41 Å². The minimum absolute atomic E-state index is 0.0222. The fraction of sp³-hybridized carbons (Fsp3) is 1.00. The van der Waals surface area contributed by atoms with Crippen molar-refractivity contribution >= 4 is 0 Å². The highest BCUT2D eigenvalue weighted by atomic mass is 16.3. The van der Waals surface area contributed by atoms with Crippen LogP contribution in [0.25, 0.3) is 0 Å². The molecule has 3 N–H and O–H groups in total. The quantitative estimate of drug-likeness (QED) is 0.838. The van der Waals surface area contributed by atoms with Crippen molar-refractivity contribution in [3.8, 4) is 0 Å². The minimum Gasteiger partial charge on any atom is -0.389 e. The van der Waals surface area contributed by atoms with Crippen LogP contribution in [0.15, 0.2) is 0 Å². The van der Waals surface area contributed by atoms with Crippen LogP contribution in [0.3, 0.4) is 0 Å². The molecule has 3 nitrogen and oxygen atoms in total. The van der Waals surface area contributed by atoms with Gasteiger partial charge in [0.1, 0.15) is 0 Å². The molecule has 0 amide bonds. The van der Waals surface area contributed by atoms with Gasteiger partial charge in [-0.1, -0.05) is 13.3 Å². The van der Waals surface area contributed by atoms with Crippen LogP contribution in [0.5, 0.6) is 0 Å². The average molecular weight is 296 g/mol. The van der Waals surface area contributed by atoms with Crippen LogP contribution < -0.4 is 5.73 Å². The Morgan fingerprint density at radius 1 is 1.14 bits per heavy atom. The zero-order valence-corrected chi connectivity index (χ0v) is 14.4. The normalized spacial score (nSPS) is 39.4. The van der Waals surface area contributed by atoms with Crippen molar-refractivity contribution < 1.29 is 5.11 Å². The maximum absolute atomic E-state index is 11.5. The standard InChI is InChI=1S/C18H36N2O/c1-4-16-6-9-17(14-19,10-7-16)18(21)8-5-12-20(13-11-18)15(2)3/h15-16,21H,4-14,19H2,1-3H3. The highest BCUT2D eigenvalue weighted by Gasteiger charge is 2.50. The highest BCUT2D eigenvalue weighted by molar-refractivity contribution is 5.03. The van der Waals surface area contributed by atoms with Crippen molar-refractivity contribution in [3.63, 3.8) is 0 Å². The van der Waals surface area contributed by atoms with E-state index < -0.39 is 5.60 Å². The summed E-state index contributed by atoms with van der Waals surface area (Å²) in [6, 6.07) is 0.581. The van der Waals surface area contributed by atoms with Crippen LogP contribution in [0.4, 0.5) is 0 Å². The first-order chi connectivity index (χ1) is 9.96. The van der Waals surface area contributed by atoms with Crippen molar-refractivity contribution in [2.75, 3.05) is 19.6 Å². The topological polar surface area (TPSA) is 49.5 Å². The second kappa shape index (κ2) is 6.97.